The number of aromatic amines is 1. The number of nitrogens with one attached hydrogen (secondary N) is 1. The summed E-state index contributed by atoms with van der Waals surface area (Å²) >= 11 is 0.758. The van der Waals surface area contributed by atoms with Crippen LogP contribution in [0.1, 0.15) is 8.99 Å². The second kappa shape index (κ2) is 2.11. The van der Waals surface area contributed by atoms with Gasteiger partial charge in [-0.1, -0.05) is 11.5 Å². The number of rotatable bonds is 1. The van der Waals surface area contributed by atoms with E-state index in [0.717, 1.165) is 11.5 Å². The van der Waals surface area contributed by atoms with Gasteiger partial charge in [0.15, 0.2) is 0 Å². The van der Waals surface area contributed by atoms with Crippen molar-refractivity contribution < 1.29 is 4.11 Å². The third kappa shape index (κ3) is 0.962. The molecule has 8 heavy (non-hydrogen) atoms. The van der Waals surface area contributed by atoms with Crippen LogP contribution in [-0.2, 0) is 6.50 Å². The zero-order valence-corrected chi connectivity index (χ0v) is 4.71. The molecule has 1 aromatic heterocycles. The van der Waals surface area contributed by atoms with Crippen LogP contribution in [0.25, 0.3) is 0 Å². The molecule has 4 heteroatoms. The maximum atomic E-state index is 10.6. The van der Waals surface area contributed by atoms with Crippen LogP contribution < -0.4 is 11.3 Å². The number of H-pyrrole nitrogens is 1. The Morgan fingerprint density at radius 3 is 3.25 bits per heavy atom. The molecular weight excluding hydrogens is 124 g/mol. The number of hydrogen-bond donors (Lipinski definition) is 2. The lowest BCUT2D eigenvalue weighted by Gasteiger charge is -1.77. The van der Waals surface area contributed by atoms with Crippen LogP contribution in [-0.4, -0.2) is 4.37 Å². The summed E-state index contributed by atoms with van der Waals surface area (Å²) in [6.07, 6.45) is 0. The summed E-state index contributed by atoms with van der Waals surface area (Å²) < 4.78 is 23.3. The standard InChI is InChI=1S/C4H6N2OS/c5-2-3-1-4(7)6-8-3/h1H,2,5H2,(H,6,7)/i1D,2D2. The van der Waals surface area contributed by atoms with E-state index in [0.29, 0.717) is 0 Å². The van der Waals surface area contributed by atoms with Crippen LogP contribution in [0, 0.1) is 0 Å². The molecule has 1 aromatic rings. The molecule has 0 aromatic carbocycles. The summed E-state index contributed by atoms with van der Waals surface area (Å²) in [5.74, 6) is 0. The van der Waals surface area contributed by atoms with E-state index < -0.39 is 12.1 Å². The van der Waals surface area contributed by atoms with Crippen LogP contribution in [0.4, 0.5) is 0 Å². The molecule has 0 fully saturated rings. The molecule has 0 atom stereocenters. The summed E-state index contributed by atoms with van der Waals surface area (Å²) in [5, 5.41) is 0. The van der Waals surface area contributed by atoms with Crippen LogP contribution in [0.3, 0.4) is 0 Å². The lowest BCUT2D eigenvalue weighted by molar-refractivity contribution is 1.11. The van der Waals surface area contributed by atoms with Crippen LogP contribution in [0.2, 0.25) is 0 Å². The van der Waals surface area contributed by atoms with Gasteiger partial charge in [0.1, 0.15) is 0 Å². The Balaban J connectivity index is 3.26. The van der Waals surface area contributed by atoms with Gasteiger partial charge in [0.2, 0.25) is 0 Å². The molecule has 0 saturated heterocycles. The van der Waals surface area contributed by atoms with E-state index in [1.165, 1.54) is 0 Å². The normalized spacial score (nSPS) is 16.9. The molecule has 0 radical (unpaired) electrons. The van der Waals surface area contributed by atoms with Crippen molar-refractivity contribution in [2.24, 2.45) is 5.73 Å². The monoisotopic (exact) mass is 133 g/mol. The van der Waals surface area contributed by atoms with Crippen LogP contribution in [0.15, 0.2) is 10.8 Å². The molecule has 0 aliphatic rings. The lowest BCUT2D eigenvalue weighted by Crippen LogP contribution is -1.95. The third-order valence-corrected chi connectivity index (χ3v) is 1.32. The van der Waals surface area contributed by atoms with Gasteiger partial charge in [0, 0.05) is 20.2 Å². The summed E-state index contributed by atoms with van der Waals surface area (Å²) in [4.78, 5) is 10.6. The van der Waals surface area contributed by atoms with Gasteiger partial charge in [-0.05, 0) is 0 Å². The quantitative estimate of drug-likeness (QED) is 0.561. The summed E-state index contributed by atoms with van der Waals surface area (Å²) in [7, 11) is 0. The highest BCUT2D eigenvalue weighted by atomic mass is 32.1. The van der Waals surface area contributed by atoms with Gasteiger partial charge in [0.25, 0.3) is 5.56 Å². The SMILES string of the molecule is [2H]c1c(C([2H])([2H])N)s[nH]c1=O. The van der Waals surface area contributed by atoms with Gasteiger partial charge in [-0.2, -0.15) is 0 Å². The molecule has 0 amide bonds. The Morgan fingerprint density at radius 1 is 2.25 bits per heavy atom. The Labute approximate surface area is 54.5 Å². The molecule has 3 N–H and O–H groups in total. The second-order valence-electron chi connectivity index (χ2n) is 1.13. The van der Waals surface area contributed by atoms with E-state index in [4.69, 9.17) is 9.85 Å². The lowest BCUT2D eigenvalue weighted by atomic mass is 10.5. The number of hydrogen-bond acceptors (Lipinski definition) is 3. The largest absolute Gasteiger partial charge is 0.326 e. The fourth-order valence-electron chi connectivity index (χ4n) is 0.317. The fourth-order valence-corrected chi connectivity index (χ4v) is 0.766. The van der Waals surface area contributed by atoms with Crippen molar-refractivity contribution in [2.75, 3.05) is 0 Å². The topological polar surface area (TPSA) is 58.9 Å². The van der Waals surface area contributed by atoms with E-state index in [1.54, 1.807) is 0 Å². The molecule has 0 spiro atoms. The fraction of sp³-hybridized carbons (Fsp3) is 0.250. The smallest absolute Gasteiger partial charge is 0.258 e. The minimum absolute atomic E-state index is 0.0671. The predicted octanol–water partition coefficient (Wildman–Crippen LogP) is -0.105. The number of aromatic nitrogens is 1. The first kappa shape index (κ1) is 2.80. The molecule has 0 aliphatic heterocycles. The first-order valence-electron chi connectivity index (χ1n) is 3.40. The molecule has 44 valence electrons. The van der Waals surface area contributed by atoms with Gasteiger partial charge in [-0.3, -0.25) is 9.17 Å². The molecule has 1 heterocycles. The Kier molecular flexibility index (Phi) is 0.736. The second-order valence-corrected chi connectivity index (χ2v) is 1.95. The highest BCUT2D eigenvalue weighted by Gasteiger charge is 1.89. The van der Waals surface area contributed by atoms with Crippen molar-refractivity contribution in [1.29, 1.82) is 0 Å². The van der Waals surface area contributed by atoms with Gasteiger partial charge in [-0.15, -0.1) is 0 Å². The zero-order valence-electron chi connectivity index (χ0n) is 6.89. The van der Waals surface area contributed by atoms with Crippen molar-refractivity contribution in [3.8, 4) is 0 Å². The average molecular weight is 133 g/mol. The Bertz CT molecular complexity index is 312. The van der Waals surface area contributed by atoms with Crippen molar-refractivity contribution >= 4 is 11.5 Å². The van der Waals surface area contributed by atoms with Gasteiger partial charge in [0.05, 0.1) is 1.37 Å². The van der Waals surface area contributed by atoms with Crippen LogP contribution >= 0.6 is 11.5 Å². The highest BCUT2D eigenvalue weighted by Crippen LogP contribution is 1.96. The summed E-state index contributed by atoms with van der Waals surface area (Å²) in [6.45, 7) is -2.10. The van der Waals surface area contributed by atoms with E-state index in [1.807, 2.05) is 0 Å². The minimum Gasteiger partial charge on any atom is -0.326 e. The van der Waals surface area contributed by atoms with Crippen molar-refractivity contribution in [2.45, 2.75) is 6.50 Å². The van der Waals surface area contributed by atoms with Gasteiger partial charge >= 0.3 is 0 Å². The minimum atomic E-state index is -2.10. The highest BCUT2D eigenvalue weighted by molar-refractivity contribution is 7.05. The molecule has 1 rings (SSSR count). The van der Waals surface area contributed by atoms with Crippen molar-refractivity contribution in [1.82, 2.24) is 4.37 Å². The van der Waals surface area contributed by atoms with E-state index in [-0.39, 0.29) is 10.9 Å². The molecule has 0 saturated carbocycles. The maximum absolute atomic E-state index is 10.6. The maximum Gasteiger partial charge on any atom is 0.258 e. The Hall–Kier alpha value is -0.610. The van der Waals surface area contributed by atoms with Crippen molar-refractivity contribution in [3.63, 3.8) is 0 Å². The van der Waals surface area contributed by atoms with Crippen LogP contribution in [0.5, 0.6) is 0 Å². The molecule has 0 aliphatic carbocycles. The van der Waals surface area contributed by atoms with E-state index in [9.17, 15) is 4.79 Å². The summed E-state index contributed by atoms with van der Waals surface area (Å²) in [6, 6.07) is -0.387. The summed E-state index contributed by atoms with van der Waals surface area (Å²) in [5.41, 5.74) is 4.44. The first-order chi connectivity index (χ1) is 4.93. The van der Waals surface area contributed by atoms with E-state index >= 15 is 0 Å². The molecule has 3 nitrogen and oxygen atoms in total. The molecule has 0 unspecified atom stereocenters. The van der Waals surface area contributed by atoms with Gasteiger partial charge < -0.3 is 5.73 Å². The molecular formula is C4H6N2OS. The number of nitrogens with two attached hydrogens (primary N) is 1. The zero-order chi connectivity index (χ0) is 8.65. The molecule has 0 bridgehead atoms. The predicted molar refractivity (Wildman–Crippen MR) is 32.8 cm³/mol. The average Bonchev–Trinajstić information content (AvgIpc) is 2.11. The first-order valence-corrected chi connectivity index (χ1v) is 2.72. The van der Waals surface area contributed by atoms with E-state index in [2.05, 4.69) is 4.37 Å². The van der Waals surface area contributed by atoms with Crippen molar-refractivity contribution in [3.05, 3.63) is 21.3 Å². The third-order valence-electron chi connectivity index (χ3n) is 0.604. The van der Waals surface area contributed by atoms with Gasteiger partial charge in [-0.25, -0.2) is 0 Å². The Morgan fingerprint density at radius 2 is 3.00 bits per heavy atom.